The Morgan fingerprint density at radius 3 is 2.20 bits per heavy atom. The van der Waals surface area contributed by atoms with Crippen LogP contribution in [0.2, 0.25) is 0 Å². The van der Waals surface area contributed by atoms with E-state index in [2.05, 4.69) is 10.6 Å². The first-order chi connectivity index (χ1) is 9.35. The Bertz CT molecular complexity index is 491. The van der Waals surface area contributed by atoms with Gasteiger partial charge >= 0.3 is 12.0 Å². The first-order valence-corrected chi connectivity index (χ1v) is 6.34. The predicted molar refractivity (Wildman–Crippen MR) is 75.9 cm³/mol. The quantitative estimate of drug-likeness (QED) is 0.658. The molecule has 1 aromatic rings. The molecule has 20 heavy (non-hydrogen) atoms. The molecule has 0 aromatic heterocycles. The van der Waals surface area contributed by atoms with Gasteiger partial charge in [0.15, 0.2) is 0 Å². The van der Waals surface area contributed by atoms with Crippen molar-refractivity contribution in [1.82, 2.24) is 5.32 Å². The third-order valence-corrected chi connectivity index (χ3v) is 2.94. The number of hydrogen-bond donors (Lipinski definition) is 4. The number of hydrogen-bond acceptors (Lipinski definition) is 3. The normalized spacial score (nSPS) is 11.8. The molecule has 0 spiro atoms. The van der Waals surface area contributed by atoms with Crippen LogP contribution in [0.3, 0.4) is 0 Å². The lowest BCUT2D eigenvalue weighted by atomic mass is 10.1. The summed E-state index contributed by atoms with van der Waals surface area (Å²) in [6, 6.07) is 2.17. The number of carboxylic acids is 1. The maximum atomic E-state index is 11.8. The summed E-state index contributed by atoms with van der Waals surface area (Å²) in [5.74, 6) is -1.17. The Morgan fingerprint density at radius 1 is 1.20 bits per heavy atom. The van der Waals surface area contributed by atoms with Crippen molar-refractivity contribution in [2.24, 2.45) is 0 Å². The highest BCUT2D eigenvalue weighted by Crippen LogP contribution is 2.21. The number of amides is 2. The first kappa shape index (κ1) is 16.0. The molecule has 6 nitrogen and oxygen atoms in total. The van der Waals surface area contributed by atoms with E-state index in [4.69, 9.17) is 10.2 Å². The molecule has 0 saturated heterocycles. The van der Waals surface area contributed by atoms with Gasteiger partial charge in [-0.3, -0.25) is 0 Å². The number of benzene rings is 1. The van der Waals surface area contributed by atoms with E-state index in [1.807, 2.05) is 32.9 Å². The standard InChI is InChI=1S/C14H20N2O4/c1-8-6-9(2)12(10(3)7-8)16-14(20)15-11(4-5-17)13(18)19/h6-7,11,17H,4-5H2,1-3H3,(H,18,19)(H2,15,16,20)/t11-/m0/s1. The molecule has 0 aliphatic rings. The lowest BCUT2D eigenvalue weighted by molar-refractivity contribution is -0.139. The molecule has 0 aliphatic carbocycles. The molecule has 0 heterocycles. The molecule has 4 N–H and O–H groups in total. The summed E-state index contributed by atoms with van der Waals surface area (Å²) in [6.07, 6.45) is -0.0331. The molecule has 110 valence electrons. The average molecular weight is 280 g/mol. The summed E-state index contributed by atoms with van der Waals surface area (Å²) < 4.78 is 0. The fraction of sp³-hybridized carbons (Fsp3) is 0.429. The molecular formula is C14H20N2O4. The fourth-order valence-corrected chi connectivity index (χ4v) is 2.07. The van der Waals surface area contributed by atoms with Crippen molar-refractivity contribution in [3.8, 4) is 0 Å². The molecule has 1 atom stereocenters. The number of anilines is 1. The van der Waals surface area contributed by atoms with Crippen LogP contribution in [-0.4, -0.2) is 34.9 Å². The van der Waals surface area contributed by atoms with E-state index in [0.29, 0.717) is 5.69 Å². The van der Waals surface area contributed by atoms with E-state index in [-0.39, 0.29) is 13.0 Å². The topological polar surface area (TPSA) is 98.7 Å². The molecule has 1 rings (SSSR count). The van der Waals surface area contributed by atoms with Crippen molar-refractivity contribution in [1.29, 1.82) is 0 Å². The minimum Gasteiger partial charge on any atom is -0.480 e. The largest absolute Gasteiger partial charge is 0.480 e. The lowest BCUT2D eigenvalue weighted by Crippen LogP contribution is -2.43. The van der Waals surface area contributed by atoms with Gasteiger partial charge in [0.25, 0.3) is 0 Å². The van der Waals surface area contributed by atoms with Crippen LogP contribution in [0, 0.1) is 20.8 Å². The molecule has 2 amide bonds. The van der Waals surface area contributed by atoms with Crippen LogP contribution in [0.25, 0.3) is 0 Å². The monoisotopic (exact) mass is 280 g/mol. The van der Waals surface area contributed by atoms with Gasteiger partial charge in [-0.2, -0.15) is 0 Å². The van der Waals surface area contributed by atoms with Gasteiger partial charge in [0.2, 0.25) is 0 Å². The van der Waals surface area contributed by atoms with E-state index in [0.717, 1.165) is 16.7 Å². The number of urea groups is 1. The van der Waals surface area contributed by atoms with E-state index in [1.54, 1.807) is 0 Å². The lowest BCUT2D eigenvalue weighted by Gasteiger charge is -2.16. The number of aliphatic carboxylic acids is 1. The van der Waals surface area contributed by atoms with Crippen molar-refractivity contribution >= 4 is 17.7 Å². The Morgan fingerprint density at radius 2 is 1.75 bits per heavy atom. The van der Waals surface area contributed by atoms with Crippen molar-refractivity contribution in [2.75, 3.05) is 11.9 Å². The molecule has 0 fully saturated rings. The van der Waals surface area contributed by atoms with Crippen LogP contribution >= 0.6 is 0 Å². The molecule has 1 aromatic carbocycles. The van der Waals surface area contributed by atoms with Gasteiger partial charge in [0.1, 0.15) is 6.04 Å². The van der Waals surface area contributed by atoms with Gasteiger partial charge < -0.3 is 20.8 Å². The molecular weight excluding hydrogens is 260 g/mol. The number of rotatable bonds is 5. The Labute approximate surface area is 117 Å². The Balaban J connectivity index is 2.78. The van der Waals surface area contributed by atoms with Gasteiger partial charge in [0.05, 0.1) is 0 Å². The number of carbonyl (C=O) groups is 2. The summed E-state index contributed by atoms with van der Waals surface area (Å²) in [5.41, 5.74) is 3.58. The fourth-order valence-electron chi connectivity index (χ4n) is 2.07. The minimum atomic E-state index is -1.17. The summed E-state index contributed by atoms with van der Waals surface area (Å²) in [6.45, 7) is 5.40. The van der Waals surface area contributed by atoms with Gasteiger partial charge in [-0.25, -0.2) is 9.59 Å². The number of aliphatic hydroxyl groups excluding tert-OH is 1. The van der Waals surface area contributed by atoms with Crippen LogP contribution in [0.1, 0.15) is 23.1 Å². The van der Waals surface area contributed by atoms with Crippen molar-refractivity contribution in [3.63, 3.8) is 0 Å². The molecule has 0 saturated carbocycles. The van der Waals surface area contributed by atoms with E-state index >= 15 is 0 Å². The summed E-state index contributed by atoms with van der Waals surface area (Å²) in [5, 5.41) is 22.7. The van der Waals surface area contributed by atoms with Gasteiger partial charge in [-0.1, -0.05) is 17.7 Å². The highest BCUT2D eigenvalue weighted by molar-refractivity contribution is 5.93. The van der Waals surface area contributed by atoms with Gasteiger partial charge in [-0.05, 0) is 31.9 Å². The molecule has 0 bridgehead atoms. The van der Waals surface area contributed by atoms with Gasteiger partial charge in [0, 0.05) is 18.7 Å². The van der Waals surface area contributed by atoms with Crippen molar-refractivity contribution in [2.45, 2.75) is 33.2 Å². The van der Waals surface area contributed by atoms with Crippen LogP contribution < -0.4 is 10.6 Å². The minimum absolute atomic E-state index is 0.0331. The maximum absolute atomic E-state index is 11.8. The molecule has 0 unspecified atom stereocenters. The number of carbonyl (C=O) groups excluding carboxylic acids is 1. The van der Waals surface area contributed by atoms with E-state index < -0.39 is 18.0 Å². The van der Waals surface area contributed by atoms with Crippen molar-refractivity contribution in [3.05, 3.63) is 28.8 Å². The zero-order valence-corrected chi connectivity index (χ0v) is 11.9. The number of nitrogens with one attached hydrogen (secondary N) is 2. The summed E-state index contributed by atoms with van der Waals surface area (Å²) in [7, 11) is 0. The average Bonchev–Trinajstić information content (AvgIpc) is 2.33. The van der Waals surface area contributed by atoms with Crippen molar-refractivity contribution < 1.29 is 19.8 Å². The number of carboxylic acid groups (broad SMARTS) is 1. The zero-order chi connectivity index (χ0) is 15.3. The second-order valence-electron chi connectivity index (χ2n) is 4.78. The summed E-state index contributed by atoms with van der Waals surface area (Å²) >= 11 is 0. The van der Waals surface area contributed by atoms with Crippen LogP contribution in [0.5, 0.6) is 0 Å². The molecule has 0 radical (unpaired) electrons. The van der Waals surface area contributed by atoms with Crippen LogP contribution in [-0.2, 0) is 4.79 Å². The summed E-state index contributed by atoms with van der Waals surface area (Å²) in [4.78, 5) is 22.7. The first-order valence-electron chi connectivity index (χ1n) is 6.34. The highest BCUT2D eigenvalue weighted by Gasteiger charge is 2.19. The van der Waals surface area contributed by atoms with Crippen LogP contribution in [0.4, 0.5) is 10.5 Å². The van der Waals surface area contributed by atoms with E-state index in [9.17, 15) is 9.59 Å². The number of aryl methyl sites for hydroxylation is 3. The van der Waals surface area contributed by atoms with E-state index in [1.165, 1.54) is 0 Å². The second kappa shape index (κ2) is 6.91. The third kappa shape index (κ3) is 4.24. The van der Waals surface area contributed by atoms with Gasteiger partial charge in [-0.15, -0.1) is 0 Å². The SMILES string of the molecule is Cc1cc(C)c(NC(=O)N[C@@H](CCO)C(=O)O)c(C)c1. The molecule has 6 heteroatoms. The third-order valence-electron chi connectivity index (χ3n) is 2.94. The Kier molecular flexibility index (Phi) is 5.52. The molecule has 0 aliphatic heterocycles. The van der Waals surface area contributed by atoms with Crippen LogP contribution in [0.15, 0.2) is 12.1 Å². The predicted octanol–water partition coefficient (Wildman–Crippen LogP) is 1.57. The smallest absolute Gasteiger partial charge is 0.326 e. The zero-order valence-electron chi connectivity index (χ0n) is 11.9. The number of aliphatic hydroxyl groups is 1. The highest BCUT2D eigenvalue weighted by atomic mass is 16.4. The Hall–Kier alpha value is -2.08. The second-order valence-corrected chi connectivity index (χ2v) is 4.78. The maximum Gasteiger partial charge on any atom is 0.326 e.